The van der Waals surface area contributed by atoms with Crippen LogP contribution in [-0.2, 0) is 6.54 Å². The largest absolute Gasteiger partial charge is 0.252 e. The van der Waals surface area contributed by atoms with E-state index in [-0.39, 0.29) is 0 Å². The van der Waals surface area contributed by atoms with E-state index in [0.29, 0.717) is 16.7 Å². The van der Waals surface area contributed by atoms with Gasteiger partial charge in [0.25, 0.3) is 0 Å². The van der Waals surface area contributed by atoms with Crippen molar-refractivity contribution in [3.8, 4) is 11.8 Å². The van der Waals surface area contributed by atoms with Crippen LogP contribution in [0.15, 0.2) is 29.7 Å². The average Bonchev–Trinajstić information content (AvgIpc) is 2.80. The lowest BCUT2D eigenvalue weighted by molar-refractivity contribution is 0.628. The summed E-state index contributed by atoms with van der Waals surface area (Å²) >= 11 is 3.21. The number of aryl methyl sites for hydroxylation is 1. The molecule has 6 heteroatoms. The van der Waals surface area contributed by atoms with Crippen molar-refractivity contribution in [2.75, 3.05) is 0 Å². The van der Waals surface area contributed by atoms with E-state index >= 15 is 0 Å². The molecule has 2 aromatic rings. The third-order valence-electron chi connectivity index (χ3n) is 1.77. The Morgan fingerprint density at radius 2 is 2.25 bits per heavy atom. The molecule has 0 fully saturated rings. The monoisotopic (exact) mass is 277 g/mol. The molecular formula is C10H8BrN5. The van der Waals surface area contributed by atoms with E-state index in [1.54, 1.807) is 23.4 Å². The van der Waals surface area contributed by atoms with E-state index in [2.05, 4.69) is 47.8 Å². The summed E-state index contributed by atoms with van der Waals surface area (Å²) < 4.78 is 2.45. The maximum Gasteiger partial charge on any atom is 0.137 e. The van der Waals surface area contributed by atoms with Gasteiger partial charge >= 0.3 is 0 Å². The van der Waals surface area contributed by atoms with Crippen LogP contribution in [0.3, 0.4) is 0 Å². The molecule has 80 valence electrons. The summed E-state index contributed by atoms with van der Waals surface area (Å²) in [7, 11) is 0. The zero-order valence-electron chi connectivity index (χ0n) is 8.34. The number of rotatable bonds is 2. The average molecular weight is 278 g/mol. The Balaban J connectivity index is 1.88. The summed E-state index contributed by atoms with van der Waals surface area (Å²) in [5, 5.41) is 3.98. The highest BCUT2D eigenvalue weighted by Gasteiger charge is 1.90. The Morgan fingerprint density at radius 3 is 2.94 bits per heavy atom. The van der Waals surface area contributed by atoms with Gasteiger partial charge in [0, 0.05) is 6.42 Å². The van der Waals surface area contributed by atoms with Crippen LogP contribution in [0, 0.1) is 11.8 Å². The quantitative estimate of drug-likeness (QED) is 0.776. The number of hydrogen-bond acceptors (Lipinski definition) is 4. The van der Waals surface area contributed by atoms with Crippen LogP contribution in [0.4, 0.5) is 0 Å². The molecule has 2 heterocycles. The number of aromatic nitrogens is 5. The summed E-state index contributed by atoms with van der Waals surface area (Å²) in [5.74, 6) is 5.93. The molecule has 0 spiro atoms. The molecule has 16 heavy (non-hydrogen) atoms. The fourth-order valence-corrected chi connectivity index (χ4v) is 1.25. The normalized spacial score (nSPS) is 9.56. The highest BCUT2D eigenvalue weighted by Crippen LogP contribution is 2.01. The first kappa shape index (κ1) is 10.8. The van der Waals surface area contributed by atoms with Crippen molar-refractivity contribution >= 4 is 15.9 Å². The molecule has 0 aliphatic heterocycles. The van der Waals surface area contributed by atoms with Gasteiger partial charge in [-0.1, -0.05) is 5.92 Å². The molecule has 0 aromatic carbocycles. The topological polar surface area (TPSA) is 56.5 Å². The Bertz CT molecular complexity index is 494. The van der Waals surface area contributed by atoms with Crippen molar-refractivity contribution in [1.29, 1.82) is 0 Å². The van der Waals surface area contributed by atoms with Crippen LogP contribution in [0.2, 0.25) is 0 Å². The van der Waals surface area contributed by atoms with Crippen molar-refractivity contribution in [2.24, 2.45) is 0 Å². The summed E-state index contributed by atoms with van der Waals surface area (Å²) in [6.07, 6.45) is 7.14. The molecule has 0 saturated carbocycles. The van der Waals surface area contributed by atoms with Crippen molar-refractivity contribution in [1.82, 2.24) is 24.7 Å². The lowest BCUT2D eigenvalue weighted by Gasteiger charge is -1.92. The zero-order valence-corrected chi connectivity index (χ0v) is 9.92. The molecule has 0 aliphatic rings. The Morgan fingerprint density at radius 1 is 1.31 bits per heavy atom. The van der Waals surface area contributed by atoms with Gasteiger partial charge in [0.05, 0.1) is 18.9 Å². The smallest absolute Gasteiger partial charge is 0.137 e. The first-order valence-corrected chi connectivity index (χ1v) is 5.43. The van der Waals surface area contributed by atoms with Gasteiger partial charge in [0.15, 0.2) is 0 Å². The van der Waals surface area contributed by atoms with E-state index in [1.165, 1.54) is 6.33 Å². The van der Waals surface area contributed by atoms with E-state index in [0.717, 1.165) is 6.54 Å². The Hall–Kier alpha value is -1.74. The van der Waals surface area contributed by atoms with Gasteiger partial charge in [-0.15, -0.1) is 0 Å². The van der Waals surface area contributed by atoms with Gasteiger partial charge in [-0.3, -0.25) is 4.68 Å². The van der Waals surface area contributed by atoms with Crippen molar-refractivity contribution in [3.05, 3.63) is 35.3 Å². The predicted molar refractivity (Wildman–Crippen MR) is 61.2 cm³/mol. The second-order valence-corrected chi connectivity index (χ2v) is 3.75. The van der Waals surface area contributed by atoms with Crippen LogP contribution in [-0.4, -0.2) is 24.7 Å². The molecule has 0 aliphatic carbocycles. The van der Waals surface area contributed by atoms with E-state index in [9.17, 15) is 0 Å². The third kappa shape index (κ3) is 3.14. The molecular weight excluding hydrogens is 270 g/mol. The molecule has 0 saturated heterocycles. The fraction of sp³-hybridized carbons (Fsp3) is 0.200. The third-order valence-corrected chi connectivity index (χ3v) is 2.18. The number of hydrogen-bond donors (Lipinski definition) is 0. The van der Waals surface area contributed by atoms with E-state index in [1.807, 2.05) is 0 Å². The first-order chi connectivity index (χ1) is 7.84. The second kappa shape index (κ2) is 5.37. The van der Waals surface area contributed by atoms with Crippen molar-refractivity contribution < 1.29 is 0 Å². The van der Waals surface area contributed by atoms with Crippen LogP contribution >= 0.6 is 15.9 Å². The molecule has 5 nitrogen and oxygen atoms in total. The molecule has 0 radical (unpaired) electrons. The number of halogens is 1. The molecule has 0 bridgehead atoms. The van der Waals surface area contributed by atoms with Crippen LogP contribution < -0.4 is 0 Å². The Kier molecular flexibility index (Phi) is 3.62. The summed E-state index contributed by atoms with van der Waals surface area (Å²) in [4.78, 5) is 12.0. The second-order valence-electron chi connectivity index (χ2n) is 2.93. The van der Waals surface area contributed by atoms with Gasteiger partial charge in [-0.25, -0.2) is 15.0 Å². The highest BCUT2D eigenvalue weighted by atomic mass is 79.9. The molecule has 0 unspecified atom stereocenters. The van der Waals surface area contributed by atoms with Gasteiger partial charge < -0.3 is 0 Å². The maximum absolute atomic E-state index is 4.10. The van der Waals surface area contributed by atoms with E-state index < -0.39 is 0 Å². The van der Waals surface area contributed by atoms with Crippen LogP contribution in [0.5, 0.6) is 0 Å². The van der Waals surface area contributed by atoms with Crippen molar-refractivity contribution in [3.63, 3.8) is 0 Å². The molecule has 2 rings (SSSR count). The minimum atomic E-state index is 0.668. The van der Waals surface area contributed by atoms with Gasteiger partial charge in [0.2, 0.25) is 0 Å². The summed E-state index contributed by atoms with van der Waals surface area (Å²) in [6.45, 7) is 0.733. The minimum Gasteiger partial charge on any atom is -0.252 e. The molecule has 0 amide bonds. The standard InChI is InChI=1S/C10H8BrN5/c11-10-6-13-9(5-14-10)3-1-2-4-16-8-12-7-15-16/h5-8H,2,4H2. The predicted octanol–water partition coefficient (Wildman–Crippen LogP) is 1.27. The van der Waals surface area contributed by atoms with E-state index in [4.69, 9.17) is 0 Å². The fourth-order valence-electron chi connectivity index (χ4n) is 1.05. The van der Waals surface area contributed by atoms with Crippen LogP contribution in [0.1, 0.15) is 12.1 Å². The lowest BCUT2D eigenvalue weighted by atomic mass is 10.4. The highest BCUT2D eigenvalue weighted by molar-refractivity contribution is 9.10. The summed E-state index contributed by atoms with van der Waals surface area (Å²) in [6, 6.07) is 0. The molecule has 0 atom stereocenters. The van der Waals surface area contributed by atoms with Gasteiger partial charge in [-0.05, 0) is 21.9 Å². The lowest BCUT2D eigenvalue weighted by Crippen LogP contribution is -1.96. The first-order valence-electron chi connectivity index (χ1n) is 4.63. The van der Waals surface area contributed by atoms with Crippen molar-refractivity contribution in [2.45, 2.75) is 13.0 Å². The summed E-state index contributed by atoms with van der Waals surface area (Å²) in [5.41, 5.74) is 0.668. The van der Waals surface area contributed by atoms with Gasteiger partial charge in [-0.2, -0.15) is 5.10 Å². The van der Waals surface area contributed by atoms with Gasteiger partial charge in [0.1, 0.15) is 23.0 Å². The molecule has 0 N–H and O–H groups in total. The maximum atomic E-state index is 4.10. The SMILES string of the molecule is Brc1cnc(C#CCCn2cncn2)cn1. The zero-order chi connectivity index (χ0) is 11.2. The Labute approximate surface area is 101 Å². The molecule has 2 aromatic heterocycles. The van der Waals surface area contributed by atoms with Crippen LogP contribution in [0.25, 0.3) is 0 Å². The number of nitrogens with zero attached hydrogens (tertiary/aromatic N) is 5. The minimum absolute atomic E-state index is 0.668.